The van der Waals surface area contributed by atoms with Gasteiger partial charge in [-0.2, -0.15) is 0 Å². The van der Waals surface area contributed by atoms with Crippen molar-refractivity contribution in [3.63, 3.8) is 0 Å². The summed E-state index contributed by atoms with van der Waals surface area (Å²) in [7, 11) is 0. The van der Waals surface area contributed by atoms with Crippen LogP contribution < -0.4 is 5.32 Å². The van der Waals surface area contributed by atoms with E-state index in [4.69, 9.17) is 0 Å². The van der Waals surface area contributed by atoms with Gasteiger partial charge < -0.3 is 5.32 Å². The van der Waals surface area contributed by atoms with E-state index in [1.54, 1.807) is 12.1 Å². The molecule has 2 rings (SSSR count). The molecule has 1 aliphatic rings. The first-order valence-electron chi connectivity index (χ1n) is 6.23. The molecule has 0 unspecified atom stereocenters. The first kappa shape index (κ1) is 16.6. The molecule has 1 N–H and O–H groups in total. The van der Waals surface area contributed by atoms with E-state index in [0.29, 0.717) is 0 Å². The van der Waals surface area contributed by atoms with Crippen LogP contribution in [0.4, 0.5) is 4.39 Å². The first-order chi connectivity index (χ1) is 8.72. The summed E-state index contributed by atoms with van der Waals surface area (Å²) in [5.41, 5.74) is 1.01. The molecule has 1 saturated heterocycles. The van der Waals surface area contributed by atoms with Crippen LogP contribution in [0.25, 0.3) is 0 Å². The first-order valence-corrected chi connectivity index (χ1v) is 7.02. The van der Waals surface area contributed by atoms with Crippen molar-refractivity contribution in [2.45, 2.75) is 12.5 Å². The summed E-state index contributed by atoms with van der Waals surface area (Å²) in [5.74, 6) is -0.183. The summed E-state index contributed by atoms with van der Waals surface area (Å²) < 4.78 is 14.4. The molecule has 106 valence electrons. The van der Waals surface area contributed by atoms with Crippen LogP contribution in [-0.4, -0.2) is 31.1 Å². The standard InChI is InChI=1S/C14H18BrFN2.ClH/c1-2-3-14(18-8-6-17-7-9-18)12-10-11(16)4-5-13(12)15;/h2,4-5,10,14,17H,1,3,6-9H2;1H/t14-;/m0./s1. The minimum Gasteiger partial charge on any atom is -0.314 e. The van der Waals surface area contributed by atoms with Crippen molar-refractivity contribution in [3.05, 3.63) is 46.7 Å². The van der Waals surface area contributed by atoms with Gasteiger partial charge in [0.15, 0.2) is 0 Å². The molecule has 0 aliphatic carbocycles. The Morgan fingerprint density at radius 3 is 2.74 bits per heavy atom. The Bertz CT molecular complexity index is 422. The molecule has 0 amide bonds. The van der Waals surface area contributed by atoms with Gasteiger partial charge in [0, 0.05) is 36.7 Å². The van der Waals surface area contributed by atoms with E-state index < -0.39 is 0 Å². The van der Waals surface area contributed by atoms with E-state index in [2.05, 4.69) is 32.7 Å². The van der Waals surface area contributed by atoms with Crippen LogP contribution in [0.3, 0.4) is 0 Å². The Balaban J connectivity index is 0.00000180. The second kappa shape index (κ2) is 8.00. The van der Waals surface area contributed by atoms with E-state index in [9.17, 15) is 4.39 Å². The van der Waals surface area contributed by atoms with Crippen LogP contribution in [0.5, 0.6) is 0 Å². The highest BCUT2D eigenvalue weighted by molar-refractivity contribution is 9.10. The Morgan fingerprint density at radius 2 is 2.11 bits per heavy atom. The molecular weight excluding hydrogens is 331 g/mol. The minimum atomic E-state index is -0.183. The normalized spacial score (nSPS) is 17.6. The number of benzene rings is 1. The third kappa shape index (κ3) is 4.28. The molecule has 1 atom stereocenters. The van der Waals surface area contributed by atoms with Gasteiger partial charge in [-0.15, -0.1) is 19.0 Å². The lowest BCUT2D eigenvalue weighted by atomic mass is 10.0. The van der Waals surface area contributed by atoms with Crippen LogP contribution >= 0.6 is 28.3 Å². The Labute approximate surface area is 128 Å². The van der Waals surface area contributed by atoms with E-state index in [0.717, 1.165) is 42.6 Å². The number of rotatable bonds is 4. The zero-order chi connectivity index (χ0) is 13.0. The maximum Gasteiger partial charge on any atom is 0.123 e. The van der Waals surface area contributed by atoms with Crippen molar-refractivity contribution >= 4 is 28.3 Å². The lowest BCUT2D eigenvalue weighted by Gasteiger charge is -2.35. The average molecular weight is 350 g/mol. The number of halogens is 3. The van der Waals surface area contributed by atoms with Gasteiger partial charge in [0.05, 0.1) is 0 Å². The second-order valence-corrected chi connectivity index (χ2v) is 5.35. The molecule has 1 aliphatic heterocycles. The molecule has 1 fully saturated rings. The quantitative estimate of drug-likeness (QED) is 0.837. The maximum atomic E-state index is 13.4. The van der Waals surface area contributed by atoms with Gasteiger partial charge in [0.1, 0.15) is 5.82 Å². The van der Waals surface area contributed by atoms with Crippen molar-refractivity contribution in [2.24, 2.45) is 0 Å². The topological polar surface area (TPSA) is 15.3 Å². The third-order valence-corrected chi connectivity index (χ3v) is 4.02. The summed E-state index contributed by atoms with van der Waals surface area (Å²) in [6, 6.07) is 5.09. The molecular formula is C14H19BrClFN2. The zero-order valence-corrected chi connectivity index (χ0v) is 13.1. The molecule has 19 heavy (non-hydrogen) atoms. The number of hydrogen-bond donors (Lipinski definition) is 1. The van der Waals surface area contributed by atoms with E-state index in [1.165, 1.54) is 6.07 Å². The lowest BCUT2D eigenvalue weighted by Crippen LogP contribution is -2.45. The van der Waals surface area contributed by atoms with Gasteiger partial charge in [-0.25, -0.2) is 4.39 Å². The fourth-order valence-electron chi connectivity index (χ4n) is 2.39. The van der Waals surface area contributed by atoms with Gasteiger partial charge in [-0.3, -0.25) is 4.90 Å². The minimum absolute atomic E-state index is 0. The van der Waals surface area contributed by atoms with E-state index in [1.807, 2.05) is 6.08 Å². The summed E-state index contributed by atoms with van der Waals surface area (Å²) in [6.07, 6.45) is 2.74. The predicted octanol–water partition coefficient (Wildman–Crippen LogP) is 3.53. The highest BCUT2D eigenvalue weighted by Gasteiger charge is 2.23. The van der Waals surface area contributed by atoms with Crippen LogP contribution in [0.2, 0.25) is 0 Å². The van der Waals surface area contributed by atoms with Crippen molar-refractivity contribution in [1.29, 1.82) is 0 Å². The fraction of sp³-hybridized carbons (Fsp3) is 0.429. The molecule has 2 nitrogen and oxygen atoms in total. The summed E-state index contributed by atoms with van der Waals surface area (Å²) in [4.78, 5) is 2.39. The van der Waals surface area contributed by atoms with Gasteiger partial charge in [0.2, 0.25) is 0 Å². The maximum absolute atomic E-state index is 13.4. The molecule has 5 heteroatoms. The highest BCUT2D eigenvalue weighted by atomic mass is 79.9. The molecule has 0 saturated carbocycles. The van der Waals surface area contributed by atoms with Crippen LogP contribution in [0.1, 0.15) is 18.0 Å². The van der Waals surface area contributed by atoms with Gasteiger partial charge in [-0.1, -0.05) is 22.0 Å². The van der Waals surface area contributed by atoms with E-state index in [-0.39, 0.29) is 24.3 Å². The van der Waals surface area contributed by atoms with Crippen molar-refractivity contribution < 1.29 is 4.39 Å². The Morgan fingerprint density at radius 1 is 1.42 bits per heavy atom. The lowest BCUT2D eigenvalue weighted by molar-refractivity contribution is 0.174. The molecule has 1 aromatic carbocycles. The van der Waals surface area contributed by atoms with Crippen LogP contribution in [-0.2, 0) is 0 Å². The Kier molecular flexibility index (Phi) is 7.00. The number of nitrogens with zero attached hydrogens (tertiary/aromatic N) is 1. The van der Waals surface area contributed by atoms with Gasteiger partial charge in [0.25, 0.3) is 0 Å². The van der Waals surface area contributed by atoms with Crippen LogP contribution in [0.15, 0.2) is 35.3 Å². The van der Waals surface area contributed by atoms with E-state index >= 15 is 0 Å². The molecule has 1 heterocycles. The van der Waals surface area contributed by atoms with Crippen molar-refractivity contribution in [3.8, 4) is 0 Å². The molecule has 0 aromatic heterocycles. The molecule has 0 bridgehead atoms. The van der Waals surface area contributed by atoms with Gasteiger partial charge >= 0.3 is 0 Å². The number of hydrogen-bond acceptors (Lipinski definition) is 2. The fourth-order valence-corrected chi connectivity index (χ4v) is 2.91. The monoisotopic (exact) mass is 348 g/mol. The van der Waals surface area contributed by atoms with Crippen molar-refractivity contribution in [2.75, 3.05) is 26.2 Å². The number of nitrogens with one attached hydrogen (secondary N) is 1. The highest BCUT2D eigenvalue weighted by Crippen LogP contribution is 2.31. The van der Waals surface area contributed by atoms with Gasteiger partial charge in [-0.05, 0) is 30.2 Å². The summed E-state index contributed by atoms with van der Waals surface area (Å²) in [6.45, 7) is 7.77. The second-order valence-electron chi connectivity index (χ2n) is 4.49. The number of piperazine rings is 1. The average Bonchev–Trinajstić information content (AvgIpc) is 2.40. The summed E-state index contributed by atoms with van der Waals surface area (Å²) >= 11 is 3.52. The zero-order valence-electron chi connectivity index (χ0n) is 10.7. The summed E-state index contributed by atoms with van der Waals surface area (Å²) in [5, 5.41) is 3.34. The van der Waals surface area contributed by atoms with Crippen LogP contribution in [0, 0.1) is 5.82 Å². The third-order valence-electron chi connectivity index (χ3n) is 3.30. The SMILES string of the molecule is C=CC[C@@H](c1cc(F)ccc1Br)N1CCNCC1.Cl. The smallest absolute Gasteiger partial charge is 0.123 e. The predicted molar refractivity (Wildman–Crippen MR) is 83.3 cm³/mol. The molecule has 0 radical (unpaired) electrons. The largest absolute Gasteiger partial charge is 0.314 e. The Hall–Kier alpha value is -0.420. The molecule has 0 spiro atoms. The van der Waals surface area contributed by atoms with Crippen molar-refractivity contribution in [1.82, 2.24) is 10.2 Å². The molecule has 1 aromatic rings.